The molecule has 2 N–H and O–H groups in total. The van der Waals surface area contributed by atoms with E-state index < -0.39 is 9.84 Å². The second-order valence-corrected chi connectivity index (χ2v) is 6.78. The van der Waals surface area contributed by atoms with Crippen LogP contribution in [0.4, 0.5) is 11.4 Å². The number of nitriles is 1. The van der Waals surface area contributed by atoms with Crippen molar-refractivity contribution in [3.63, 3.8) is 0 Å². The van der Waals surface area contributed by atoms with Gasteiger partial charge in [-0.1, -0.05) is 0 Å². The molecule has 1 aromatic rings. The van der Waals surface area contributed by atoms with E-state index >= 15 is 0 Å². The van der Waals surface area contributed by atoms with Gasteiger partial charge in [0.1, 0.15) is 6.07 Å². The molecule has 1 unspecified atom stereocenters. The van der Waals surface area contributed by atoms with Crippen LogP contribution in [0.2, 0.25) is 0 Å². The van der Waals surface area contributed by atoms with Crippen molar-refractivity contribution in [1.29, 1.82) is 5.26 Å². The van der Waals surface area contributed by atoms with Crippen molar-refractivity contribution in [3.05, 3.63) is 23.8 Å². The van der Waals surface area contributed by atoms with Crippen LogP contribution in [0, 0.1) is 11.3 Å². The van der Waals surface area contributed by atoms with E-state index in [0.29, 0.717) is 17.7 Å². The third-order valence-corrected chi connectivity index (χ3v) is 5.03. The lowest BCUT2D eigenvalue weighted by atomic mass is 10.1. The number of hydrogen-bond acceptors (Lipinski definition) is 5. The Bertz CT molecular complexity index is 604. The summed E-state index contributed by atoms with van der Waals surface area (Å²) in [6.45, 7) is 0. The molecule has 2 rings (SSSR count). The Morgan fingerprint density at radius 3 is 2.78 bits per heavy atom. The van der Waals surface area contributed by atoms with Gasteiger partial charge >= 0.3 is 0 Å². The van der Waals surface area contributed by atoms with Crippen LogP contribution < -0.4 is 10.6 Å². The van der Waals surface area contributed by atoms with Crippen LogP contribution in [-0.4, -0.2) is 33.0 Å². The van der Waals surface area contributed by atoms with Gasteiger partial charge in [0.05, 0.1) is 22.8 Å². The third-order valence-electron chi connectivity index (χ3n) is 3.28. The Labute approximate surface area is 107 Å². The van der Waals surface area contributed by atoms with Crippen LogP contribution >= 0.6 is 0 Å². The molecule has 1 aromatic carbocycles. The first kappa shape index (κ1) is 12.7. The van der Waals surface area contributed by atoms with Gasteiger partial charge in [-0.05, 0) is 24.6 Å². The normalized spacial score (nSPS) is 21.4. The first-order valence-corrected chi connectivity index (χ1v) is 7.48. The standard InChI is InChI=1S/C12H15N3O2S/c1-15(11-4-5-18(16,17)8-11)12-3-2-10(14)6-9(12)7-13/h2-3,6,11H,4-5,8,14H2,1H3. The van der Waals surface area contributed by atoms with Gasteiger partial charge in [0.2, 0.25) is 0 Å². The topological polar surface area (TPSA) is 87.2 Å². The molecular formula is C12H15N3O2S. The maximum atomic E-state index is 11.5. The summed E-state index contributed by atoms with van der Waals surface area (Å²) in [7, 11) is -1.11. The van der Waals surface area contributed by atoms with Gasteiger partial charge in [-0.25, -0.2) is 8.42 Å². The molecule has 18 heavy (non-hydrogen) atoms. The van der Waals surface area contributed by atoms with Gasteiger partial charge < -0.3 is 10.6 Å². The van der Waals surface area contributed by atoms with E-state index in [1.165, 1.54) is 0 Å². The molecule has 0 aromatic heterocycles. The van der Waals surface area contributed by atoms with Gasteiger partial charge in [0.15, 0.2) is 9.84 Å². The Balaban J connectivity index is 2.30. The molecule has 0 saturated carbocycles. The maximum absolute atomic E-state index is 11.5. The zero-order valence-corrected chi connectivity index (χ0v) is 10.9. The summed E-state index contributed by atoms with van der Waals surface area (Å²) < 4.78 is 22.9. The molecule has 0 amide bonds. The summed E-state index contributed by atoms with van der Waals surface area (Å²) in [4.78, 5) is 1.86. The van der Waals surface area contributed by atoms with Crippen molar-refractivity contribution in [2.75, 3.05) is 29.2 Å². The zero-order valence-electron chi connectivity index (χ0n) is 10.1. The lowest BCUT2D eigenvalue weighted by Crippen LogP contribution is -2.33. The second-order valence-electron chi connectivity index (χ2n) is 4.56. The predicted octanol–water partition coefficient (Wildman–Crippen LogP) is 0.764. The highest BCUT2D eigenvalue weighted by Gasteiger charge is 2.31. The molecule has 1 fully saturated rings. The van der Waals surface area contributed by atoms with Crippen molar-refractivity contribution in [1.82, 2.24) is 0 Å². The minimum atomic E-state index is -2.93. The molecule has 6 heteroatoms. The van der Waals surface area contributed by atoms with Gasteiger partial charge in [-0.15, -0.1) is 0 Å². The van der Waals surface area contributed by atoms with Crippen molar-refractivity contribution in [2.24, 2.45) is 0 Å². The average Bonchev–Trinajstić information content (AvgIpc) is 2.68. The number of sulfone groups is 1. The summed E-state index contributed by atoms with van der Waals surface area (Å²) in [5.41, 5.74) is 7.37. The van der Waals surface area contributed by atoms with E-state index in [1.54, 1.807) is 18.2 Å². The first-order valence-electron chi connectivity index (χ1n) is 5.66. The van der Waals surface area contributed by atoms with Crippen molar-refractivity contribution in [2.45, 2.75) is 12.5 Å². The number of nitrogens with zero attached hydrogens (tertiary/aromatic N) is 2. The summed E-state index contributed by atoms with van der Waals surface area (Å²) in [6, 6.07) is 7.11. The Morgan fingerprint density at radius 1 is 1.50 bits per heavy atom. The van der Waals surface area contributed by atoms with E-state index in [0.717, 1.165) is 5.69 Å². The molecule has 1 atom stereocenters. The fourth-order valence-corrected chi connectivity index (χ4v) is 4.00. The number of rotatable bonds is 2. The maximum Gasteiger partial charge on any atom is 0.152 e. The quantitative estimate of drug-likeness (QED) is 0.798. The van der Waals surface area contributed by atoms with E-state index in [2.05, 4.69) is 6.07 Å². The zero-order chi connectivity index (χ0) is 13.3. The summed E-state index contributed by atoms with van der Waals surface area (Å²) in [6.07, 6.45) is 0.605. The molecule has 0 radical (unpaired) electrons. The average molecular weight is 265 g/mol. The minimum Gasteiger partial charge on any atom is -0.399 e. The van der Waals surface area contributed by atoms with Gasteiger partial charge in [-0.3, -0.25) is 0 Å². The number of benzene rings is 1. The number of nitrogen functional groups attached to an aromatic ring is 1. The third kappa shape index (κ3) is 2.41. The van der Waals surface area contributed by atoms with E-state index in [1.807, 2.05) is 11.9 Å². The molecule has 1 heterocycles. The van der Waals surface area contributed by atoms with Crippen LogP contribution in [0.15, 0.2) is 18.2 Å². The van der Waals surface area contributed by atoms with Gasteiger partial charge in [0.25, 0.3) is 0 Å². The second kappa shape index (κ2) is 4.50. The van der Waals surface area contributed by atoms with Crippen LogP contribution in [-0.2, 0) is 9.84 Å². The predicted molar refractivity (Wildman–Crippen MR) is 71.0 cm³/mol. The summed E-state index contributed by atoms with van der Waals surface area (Å²) >= 11 is 0. The van der Waals surface area contributed by atoms with Crippen LogP contribution in [0.25, 0.3) is 0 Å². The van der Waals surface area contributed by atoms with E-state index in [9.17, 15) is 8.42 Å². The number of anilines is 2. The molecule has 0 bridgehead atoms. The highest BCUT2D eigenvalue weighted by Crippen LogP contribution is 2.27. The van der Waals surface area contributed by atoms with Gasteiger partial charge in [0, 0.05) is 18.8 Å². The molecular weight excluding hydrogens is 250 g/mol. The van der Waals surface area contributed by atoms with Crippen LogP contribution in [0.1, 0.15) is 12.0 Å². The highest BCUT2D eigenvalue weighted by atomic mass is 32.2. The van der Waals surface area contributed by atoms with Crippen molar-refractivity contribution in [3.8, 4) is 6.07 Å². The van der Waals surface area contributed by atoms with E-state index in [4.69, 9.17) is 11.0 Å². The fraction of sp³-hybridized carbons (Fsp3) is 0.417. The number of nitrogens with two attached hydrogens (primary N) is 1. The van der Waals surface area contributed by atoms with Gasteiger partial charge in [-0.2, -0.15) is 5.26 Å². The monoisotopic (exact) mass is 265 g/mol. The van der Waals surface area contributed by atoms with Crippen LogP contribution in [0.3, 0.4) is 0 Å². The molecule has 0 aliphatic carbocycles. The Hall–Kier alpha value is -1.74. The molecule has 5 nitrogen and oxygen atoms in total. The first-order chi connectivity index (χ1) is 8.43. The SMILES string of the molecule is CN(c1ccc(N)cc1C#N)C1CCS(=O)(=O)C1. The smallest absolute Gasteiger partial charge is 0.152 e. The Kier molecular flexibility index (Phi) is 3.18. The molecule has 1 saturated heterocycles. The number of hydrogen-bond donors (Lipinski definition) is 1. The lowest BCUT2D eigenvalue weighted by molar-refractivity contribution is 0.601. The van der Waals surface area contributed by atoms with Crippen LogP contribution in [0.5, 0.6) is 0 Å². The lowest BCUT2D eigenvalue weighted by Gasteiger charge is -2.26. The molecule has 96 valence electrons. The van der Waals surface area contributed by atoms with Crippen molar-refractivity contribution >= 4 is 21.2 Å². The highest BCUT2D eigenvalue weighted by molar-refractivity contribution is 7.91. The Morgan fingerprint density at radius 2 is 2.22 bits per heavy atom. The van der Waals surface area contributed by atoms with E-state index in [-0.39, 0.29) is 17.5 Å². The fourth-order valence-electron chi connectivity index (χ4n) is 2.23. The summed E-state index contributed by atoms with van der Waals surface area (Å²) in [5.74, 6) is 0.373. The molecule has 0 spiro atoms. The summed E-state index contributed by atoms with van der Waals surface area (Å²) in [5, 5.41) is 9.09. The largest absolute Gasteiger partial charge is 0.399 e. The minimum absolute atomic E-state index is 0.0641. The molecule has 1 aliphatic rings. The molecule has 1 aliphatic heterocycles. The van der Waals surface area contributed by atoms with Crippen molar-refractivity contribution < 1.29 is 8.42 Å².